The van der Waals surface area contributed by atoms with Crippen molar-refractivity contribution in [1.29, 1.82) is 0 Å². The first kappa shape index (κ1) is 13.7. The second-order valence-corrected chi connectivity index (χ2v) is 3.13. The number of hydroxylamine groups is 1. The van der Waals surface area contributed by atoms with Crippen LogP contribution in [0.15, 0.2) is 12.1 Å². The normalized spacial score (nSPS) is 9.67. The van der Waals surface area contributed by atoms with E-state index in [0.717, 1.165) is 0 Å². The van der Waals surface area contributed by atoms with Gasteiger partial charge in [0.25, 0.3) is 5.69 Å². The van der Waals surface area contributed by atoms with Gasteiger partial charge < -0.3 is 14.3 Å². The Morgan fingerprint density at radius 3 is 2.44 bits per heavy atom. The average Bonchev–Trinajstić information content (AvgIpc) is 2.38. The van der Waals surface area contributed by atoms with E-state index in [1.807, 2.05) is 0 Å². The summed E-state index contributed by atoms with van der Waals surface area (Å²) in [7, 11) is 2.80. The maximum Gasteiger partial charge on any atom is 0.312 e. The van der Waals surface area contributed by atoms with Gasteiger partial charge in [-0.15, -0.1) is 5.48 Å². The van der Waals surface area contributed by atoms with Crippen molar-refractivity contribution < 1.29 is 24.0 Å². The number of hydrogen-bond donors (Lipinski definition) is 1. The molecule has 8 nitrogen and oxygen atoms in total. The predicted molar refractivity (Wildman–Crippen MR) is 60.2 cm³/mol. The van der Waals surface area contributed by atoms with Crippen molar-refractivity contribution in [2.75, 3.05) is 14.2 Å². The van der Waals surface area contributed by atoms with Gasteiger partial charge in [0.1, 0.15) is 0 Å². The topological polar surface area (TPSA) is 99.9 Å². The van der Waals surface area contributed by atoms with Crippen molar-refractivity contribution in [2.45, 2.75) is 6.54 Å². The number of nitrogens with one attached hydrogen (secondary N) is 1. The van der Waals surface area contributed by atoms with E-state index in [1.54, 1.807) is 0 Å². The van der Waals surface area contributed by atoms with Gasteiger partial charge in [-0.2, -0.15) is 0 Å². The number of nitrogens with zero attached hydrogens (tertiary/aromatic N) is 1. The van der Waals surface area contributed by atoms with E-state index >= 15 is 0 Å². The number of carbonyl (C=O) groups excluding carboxylic acids is 1. The molecule has 1 aromatic carbocycles. The van der Waals surface area contributed by atoms with Crippen LogP contribution < -0.4 is 15.0 Å². The van der Waals surface area contributed by atoms with Crippen molar-refractivity contribution in [3.05, 3.63) is 27.8 Å². The summed E-state index contributed by atoms with van der Waals surface area (Å²) < 4.78 is 10.0. The third-order valence-corrected chi connectivity index (χ3v) is 2.18. The van der Waals surface area contributed by atoms with Crippen LogP contribution >= 0.6 is 0 Å². The van der Waals surface area contributed by atoms with Crippen LogP contribution in [0.2, 0.25) is 0 Å². The molecule has 0 radical (unpaired) electrons. The van der Waals surface area contributed by atoms with Crippen molar-refractivity contribution in [3.63, 3.8) is 0 Å². The van der Waals surface area contributed by atoms with Crippen molar-refractivity contribution in [3.8, 4) is 11.5 Å². The van der Waals surface area contributed by atoms with Gasteiger partial charge in [0, 0.05) is 0 Å². The number of ether oxygens (including phenoxy) is 2. The molecule has 8 heteroatoms. The highest BCUT2D eigenvalue weighted by Gasteiger charge is 2.19. The summed E-state index contributed by atoms with van der Waals surface area (Å²) in [5.41, 5.74) is 2.41. The molecule has 0 unspecified atom stereocenters. The molecule has 0 aliphatic rings. The maximum atomic E-state index is 10.9. The summed E-state index contributed by atoms with van der Waals surface area (Å²) in [6.07, 6.45) is 0. The Bertz CT molecular complexity index is 448. The summed E-state index contributed by atoms with van der Waals surface area (Å²) in [6.45, 7) is 0.169. The zero-order valence-electron chi connectivity index (χ0n) is 9.84. The lowest BCUT2D eigenvalue weighted by Gasteiger charge is -2.10. The molecule has 1 aromatic rings. The number of methoxy groups -OCH3 is 2. The number of nitro groups is 1. The Balaban J connectivity index is 3.11. The number of carbonyl (C=O) groups is 1. The highest BCUT2D eigenvalue weighted by Crippen LogP contribution is 2.34. The molecule has 0 bridgehead atoms. The molecule has 0 saturated heterocycles. The van der Waals surface area contributed by atoms with Gasteiger partial charge in [-0.1, -0.05) is 0 Å². The third-order valence-electron chi connectivity index (χ3n) is 2.18. The largest absolute Gasteiger partial charge is 0.493 e. The highest BCUT2D eigenvalue weighted by atomic mass is 16.7. The van der Waals surface area contributed by atoms with Crippen molar-refractivity contribution in [1.82, 2.24) is 5.48 Å². The van der Waals surface area contributed by atoms with Crippen LogP contribution in [0.1, 0.15) is 5.56 Å². The lowest BCUT2D eigenvalue weighted by molar-refractivity contribution is -0.385. The Labute approximate surface area is 103 Å². The number of benzene rings is 1. The molecule has 1 N–H and O–H groups in total. The van der Waals surface area contributed by atoms with Gasteiger partial charge in [-0.25, -0.2) is 0 Å². The van der Waals surface area contributed by atoms with Crippen LogP contribution in [-0.2, 0) is 16.2 Å². The lowest BCUT2D eigenvalue weighted by atomic mass is 10.1. The Morgan fingerprint density at radius 2 is 1.94 bits per heavy atom. The summed E-state index contributed by atoms with van der Waals surface area (Å²) in [6, 6.07) is 2.69. The fraction of sp³-hybridized carbons (Fsp3) is 0.300. The monoisotopic (exact) mass is 256 g/mol. The molecular formula is C10H12N2O6. The van der Waals surface area contributed by atoms with E-state index in [9.17, 15) is 14.9 Å². The fourth-order valence-electron chi connectivity index (χ4n) is 1.38. The molecule has 0 aliphatic heterocycles. The Kier molecular flexibility index (Phi) is 4.88. The smallest absolute Gasteiger partial charge is 0.312 e. The molecular weight excluding hydrogens is 244 g/mol. The number of rotatable bonds is 7. The van der Waals surface area contributed by atoms with E-state index in [-0.39, 0.29) is 24.5 Å². The van der Waals surface area contributed by atoms with Crippen LogP contribution in [0.4, 0.5) is 5.69 Å². The lowest BCUT2D eigenvalue weighted by Crippen LogP contribution is -2.14. The molecule has 0 spiro atoms. The molecule has 0 heterocycles. The first-order valence-electron chi connectivity index (χ1n) is 4.85. The minimum Gasteiger partial charge on any atom is -0.493 e. The van der Waals surface area contributed by atoms with Gasteiger partial charge in [-0.05, 0) is 6.07 Å². The van der Waals surface area contributed by atoms with E-state index in [4.69, 9.17) is 9.47 Å². The van der Waals surface area contributed by atoms with Crippen LogP contribution in [0.5, 0.6) is 11.5 Å². The number of nitro benzene ring substituents is 1. The standard InChI is InChI=1S/C10H12N2O6/c1-16-9-3-7(5-11-18-6-13)8(12(14)15)4-10(9)17-2/h3-4,6,11H,5H2,1-2H3. The van der Waals surface area contributed by atoms with E-state index in [2.05, 4.69) is 10.3 Å². The summed E-state index contributed by atoms with van der Waals surface area (Å²) in [5, 5.41) is 10.9. The van der Waals surface area contributed by atoms with Crippen molar-refractivity contribution >= 4 is 12.2 Å². The van der Waals surface area contributed by atoms with Crippen LogP contribution in [-0.4, -0.2) is 25.6 Å². The van der Waals surface area contributed by atoms with Crippen LogP contribution in [0.25, 0.3) is 0 Å². The Hall–Kier alpha value is -2.35. The van der Waals surface area contributed by atoms with Crippen molar-refractivity contribution in [2.24, 2.45) is 0 Å². The molecule has 1 rings (SSSR count). The van der Waals surface area contributed by atoms with Crippen LogP contribution in [0, 0.1) is 10.1 Å². The zero-order valence-corrected chi connectivity index (χ0v) is 9.84. The second-order valence-electron chi connectivity index (χ2n) is 3.13. The van der Waals surface area contributed by atoms with Gasteiger partial charge in [0.2, 0.25) is 0 Å². The van der Waals surface area contributed by atoms with Gasteiger partial charge in [-0.3, -0.25) is 14.9 Å². The quantitative estimate of drug-likeness (QED) is 0.333. The van der Waals surface area contributed by atoms with E-state index < -0.39 is 4.92 Å². The molecule has 0 atom stereocenters. The van der Waals surface area contributed by atoms with Crippen LogP contribution in [0.3, 0.4) is 0 Å². The molecule has 0 fully saturated rings. The SMILES string of the molecule is COc1cc(CNOC=O)c([N+](=O)[O-])cc1OC. The van der Waals surface area contributed by atoms with Gasteiger partial charge in [0.15, 0.2) is 11.5 Å². The second kappa shape index (κ2) is 6.40. The first-order valence-corrected chi connectivity index (χ1v) is 4.85. The summed E-state index contributed by atoms with van der Waals surface area (Å²) >= 11 is 0. The van der Waals surface area contributed by atoms with E-state index in [0.29, 0.717) is 11.3 Å². The molecule has 0 aromatic heterocycles. The number of hydrogen-bond acceptors (Lipinski definition) is 7. The highest BCUT2D eigenvalue weighted by molar-refractivity contribution is 5.54. The Morgan fingerprint density at radius 1 is 1.33 bits per heavy atom. The summed E-state index contributed by atoms with van der Waals surface area (Å²) in [4.78, 5) is 24.6. The maximum absolute atomic E-state index is 10.9. The van der Waals surface area contributed by atoms with Gasteiger partial charge in [0.05, 0.1) is 37.3 Å². The van der Waals surface area contributed by atoms with Gasteiger partial charge >= 0.3 is 6.47 Å². The molecule has 0 saturated carbocycles. The first-order chi connectivity index (χ1) is 8.63. The molecule has 0 amide bonds. The third kappa shape index (κ3) is 3.08. The average molecular weight is 256 g/mol. The summed E-state index contributed by atoms with van der Waals surface area (Å²) in [5.74, 6) is 0.607. The predicted octanol–water partition coefficient (Wildman–Crippen LogP) is 0.790. The minimum absolute atomic E-state index is 0.0184. The molecule has 0 aliphatic carbocycles. The molecule has 98 valence electrons. The fourth-order valence-corrected chi connectivity index (χ4v) is 1.38. The van der Waals surface area contributed by atoms with E-state index in [1.165, 1.54) is 26.4 Å². The zero-order chi connectivity index (χ0) is 13.5. The molecule has 18 heavy (non-hydrogen) atoms. The minimum atomic E-state index is -0.556.